The fourth-order valence-corrected chi connectivity index (χ4v) is 4.98. The summed E-state index contributed by atoms with van der Waals surface area (Å²) in [6.45, 7) is -0.240. The average Bonchev–Trinajstić information content (AvgIpc) is 2.99. The Hall–Kier alpha value is -0.760. The third kappa shape index (κ3) is 7.97. The summed E-state index contributed by atoms with van der Waals surface area (Å²) in [5, 5.41) is 133. The highest BCUT2D eigenvalue weighted by Crippen LogP contribution is 2.32. The van der Waals surface area contributed by atoms with Gasteiger partial charge in [-0.3, -0.25) is 0 Å². The standard InChI is InChI=1S/C24H44O19/c1-6-11(29)15(33)18(36)22(38-6)41-10(5-27)20(13(31)8(28)3-25)42-24-21(17(35)14(32)9(4-26)40-24)43-23-19(37)16(34)12(30)7(2)39-23/h6-37H,3-5H2,1-2H3. The molecule has 3 aliphatic rings. The van der Waals surface area contributed by atoms with E-state index in [0.717, 1.165) is 0 Å². The first-order valence-electron chi connectivity index (χ1n) is 13.7. The van der Waals surface area contributed by atoms with Gasteiger partial charge in [-0.15, -0.1) is 0 Å². The monoisotopic (exact) mass is 636 g/mol. The second kappa shape index (κ2) is 15.7. The minimum Gasteiger partial charge on any atom is -0.394 e. The molecule has 3 aliphatic heterocycles. The molecule has 43 heavy (non-hydrogen) atoms. The molecule has 0 amide bonds. The lowest BCUT2D eigenvalue weighted by Gasteiger charge is -2.47. The van der Waals surface area contributed by atoms with Crippen molar-refractivity contribution in [2.75, 3.05) is 19.8 Å². The van der Waals surface area contributed by atoms with E-state index in [-0.39, 0.29) is 0 Å². The van der Waals surface area contributed by atoms with Crippen LogP contribution in [-0.2, 0) is 28.4 Å². The molecule has 3 saturated heterocycles. The van der Waals surface area contributed by atoms with E-state index in [1.807, 2.05) is 0 Å². The van der Waals surface area contributed by atoms with Crippen LogP contribution in [0.3, 0.4) is 0 Å². The molecule has 0 aliphatic carbocycles. The molecular formula is C24H44O19. The quantitative estimate of drug-likeness (QED) is 0.0945. The predicted molar refractivity (Wildman–Crippen MR) is 133 cm³/mol. The highest BCUT2D eigenvalue weighted by atomic mass is 16.8. The molecule has 13 N–H and O–H groups in total. The number of aliphatic hydroxyl groups is 13. The molecule has 3 rings (SSSR count). The van der Waals surface area contributed by atoms with Crippen molar-refractivity contribution in [3.63, 3.8) is 0 Å². The van der Waals surface area contributed by atoms with E-state index < -0.39 is 136 Å². The van der Waals surface area contributed by atoms with Crippen molar-refractivity contribution in [1.29, 1.82) is 0 Å². The Balaban J connectivity index is 1.92. The topological polar surface area (TPSA) is 318 Å². The highest BCUT2D eigenvalue weighted by molar-refractivity contribution is 4.95. The predicted octanol–water partition coefficient (Wildman–Crippen LogP) is -8.06. The normalized spacial score (nSPS) is 47.1. The van der Waals surface area contributed by atoms with Gasteiger partial charge in [0.2, 0.25) is 0 Å². The molecule has 0 saturated carbocycles. The van der Waals surface area contributed by atoms with Crippen LogP contribution in [0, 0.1) is 0 Å². The Labute approximate surface area is 245 Å². The SMILES string of the molecule is CC1OC(OC(CO)C(OC2OC(CO)C(O)C(O)C2OC2OC(C)C(O)C(O)C2O)C(O)C(O)CO)C(O)C(O)C1O. The fraction of sp³-hybridized carbons (Fsp3) is 1.00. The van der Waals surface area contributed by atoms with Crippen molar-refractivity contribution >= 4 is 0 Å². The summed E-state index contributed by atoms with van der Waals surface area (Å²) in [5.74, 6) is 0. The van der Waals surface area contributed by atoms with Crippen LogP contribution >= 0.6 is 0 Å². The Bertz CT molecular complexity index is 840. The highest BCUT2D eigenvalue weighted by Gasteiger charge is 2.52. The molecular weight excluding hydrogens is 592 g/mol. The van der Waals surface area contributed by atoms with Crippen molar-refractivity contribution in [3.8, 4) is 0 Å². The van der Waals surface area contributed by atoms with Crippen LogP contribution in [0.4, 0.5) is 0 Å². The molecule has 19 atom stereocenters. The van der Waals surface area contributed by atoms with Crippen molar-refractivity contribution in [1.82, 2.24) is 0 Å². The summed E-state index contributed by atoms with van der Waals surface area (Å²) >= 11 is 0. The van der Waals surface area contributed by atoms with Gasteiger partial charge in [-0.25, -0.2) is 0 Å². The molecule has 3 heterocycles. The summed E-state index contributed by atoms with van der Waals surface area (Å²) in [6.07, 6.45) is -32.8. The van der Waals surface area contributed by atoms with Crippen LogP contribution in [0.1, 0.15) is 13.8 Å². The van der Waals surface area contributed by atoms with Crippen LogP contribution in [-0.4, -0.2) is 203 Å². The number of ether oxygens (including phenoxy) is 6. The zero-order chi connectivity index (χ0) is 32.3. The molecule has 0 radical (unpaired) electrons. The van der Waals surface area contributed by atoms with Gasteiger partial charge < -0.3 is 94.8 Å². The summed E-state index contributed by atoms with van der Waals surface area (Å²) in [4.78, 5) is 0. The second-order valence-corrected chi connectivity index (χ2v) is 10.9. The van der Waals surface area contributed by atoms with Crippen LogP contribution in [0.25, 0.3) is 0 Å². The second-order valence-electron chi connectivity index (χ2n) is 10.9. The minimum absolute atomic E-state index is 0.873. The van der Waals surface area contributed by atoms with Crippen LogP contribution in [0.15, 0.2) is 0 Å². The van der Waals surface area contributed by atoms with Crippen molar-refractivity contribution in [3.05, 3.63) is 0 Å². The third-order valence-corrected chi connectivity index (χ3v) is 7.80. The summed E-state index contributed by atoms with van der Waals surface area (Å²) in [6, 6.07) is 0. The van der Waals surface area contributed by atoms with Gasteiger partial charge in [0.1, 0.15) is 85.5 Å². The maximum Gasteiger partial charge on any atom is 0.187 e. The number of aliphatic hydroxyl groups excluding tert-OH is 13. The number of rotatable bonds is 12. The number of hydrogen-bond acceptors (Lipinski definition) is 19. The van der Waals surface area contributed by atoms with Gasteiger partial charge in [-0.2, -0.15) is 0 Å². The first-order chi connectivity index (χ1) is 20.2. The molecule has 19 heteroatoms. The lowest BCUT2D eigenvalue weighted by Crippen LogP contribution is -2.65. The molecule has 0 aromatic heterocycles. The first kappa shape index (κ1) is 36.7. The van der Waals surface area contributed by atoms with Gasteiger partial charge >= 0.3 is 0 Å². The summed E-state index contributed by atoms with van der Waals surface area (Å²) in [7, 11) is 0. The van der Waals surface area contributed by atoms with E-state index in [1.165, 1.54) is 13.8 Å². The Morgan fingerprint density at radius 3 is 1.63 bits per heavy atom. The molecule has 0 spiro atoms. The third-order valence-electron chi connectivity index (χ3n) is 7.80. The Kier molecular flexibility index (Phi) is 13.4. The van der Waals surface area contributed by atoms with Crippen LogP contribution in [0.5, 0.6) is 0 Å². The van der Waals surface area contributed by atoms with E-state index in [0.29, 0.717) is 0 Å². The van der Waals surface area contributed by atoms with Crippen LogP contribution in [0.2, 0.25) is 0 Å². The van der Waals surface area contributed by atoms with Crippen molar-refractivity contribution in [2.24, 2.45) is 0 Å². The maximum absolute atomic E-state index is 10.9. The van der Waals surface area contributed by atoms with E-state index in [9.17, 15) is 66.4 Å². The zero-order valence-electron chi connectivity index (χ0n) is 23.4. The Morgan fingerprint density at radius 2 is 1.12 bits per heavy atom. The zero-order valence-corrected chi connectivity index (χ0v) is 23.4. The summed E-state index contributed by atoms with van der Waals surface area (Å²) in [5.41, 5.74) is 0. The lowest BCUT2D eigenvalue weighted by molar-refractivity contribution is -0.381. The van der Waals surface area contributed by atoms with E-state index in [1.54, 1.807) is 0 Å². The molecule has 0 aromatic carbocycles. The number of hydrogen-bond donors (Lipinski definition) is 13. The van der Waals surface area contributed by atoms with Crippen LogP contribution < -0.4 is 0 Å². The van der Waals surface area contributed by atoms with Gasteiger partial charge in [-0.1, -0.05) is 0 Å². The van der Waals surface area contributed by atoms with Crippen molar-refractivity contribution in [2.45, 2.75) is 130 Å². The molecule has 19 unspecified atom stereocenters. The Morgan fingerprint density at radius 1 is 0.581 bits per heavy atom. The van der Waals surface area contributed by atoms with Gasteiger partial charge in [0.15, 0.2) is 18.9 Å². The largest absolute Gasteiger partial charge is 0.394 e. The van der Waals surface area contributed by atoms with Gasteiger partial charge in [0.05, 0.1) is 32.0 Å². The average molecular weight is 637 g/mol. The van der Waals surface area contributed by atoms with Gasteiger partial charge in [0.25, 0.3) is 0 Å². The summed E-state index contributed by atoms with van der Waals surface area (Å²) < 4.78 is 33.2. The van der Waals surface area contributed by atoms with E-state index >= 15 is 0 Å². The molecule has 0 bridgehead atoms. The maximum atomic E-state index is 10.9. The molecule has 3 fully saturated rings. The fourth-order valence-electron chi connectivity index (χ4n) is 4.98. The van der Waals surface area contributed by atoms with Gasteiger partial charge in [-0.05, 0) is 13.8 Å². The van der Waals surface area contributed by atoms with Gasteiger partial charge in [0, 0.05) is 0 Å². The lowest BCUT2D eigenvalue weighted by atomic mass is 9.97. The molecule has 19 nitrogen and oxygen atoms in total. The molecule has 0 aromatic rings. The van der Waals surface area contributed by atoms with Crippen molar-refractivity contribution < 1.29 is 94.8 Å². The molecule has 254 valence electrons. The smallest absolute Gasteiger partial charge is 0.187 e. The van der Waals surface area contributed by atoms with E-state index in [2.05, 4.69) is 0 Å². The minimum atomic E-state index is -2.11. The van der Waals surface area contributed by atoms with E-state index in [4.69, 9.17) is 28.4 Å². The first-order valence-corrected chi connectivity index (χ1v) is 13.7.